The number of furan rings is 1. The third-order valence-electron chi connectivity index (χ3n) is 4.57. The monoisotopic (exact) mass is 357 g/mol. The molecular weight excluding hydrogens is 338 g/mol. The Morgan fingerprint density at radius 3 is 2.70 bits per heavy atom. The Morgan fingerprint density at radius 1 is 1.04 bits per heavy atom. The van der Waals surface area contributed by atoms with Crippen LogP contribution in [0.4, 0.5) is 0 Å². The molecular formula is C23H19NO3. The Bertz CT molecular complexity index is 1110. The fraction of sp³-hybridized carbons (Fsp3) is 0.130. The maximum atomic E-state index is 12.9. The van der Waals surface area contributed by atoms with Gasteiger partial charge in [-0.2, -0.15) is 0 Å². The van der Waals surface area contributed by atoms with Gasteiger partial charge < -0.3 is 9.15 Å². The van der Waals surface area contributed by atoms with E-state index in [1.165, 1.54) is 0 Å². The van der Waals surface area contributed by atoms with Crippen molar-refractivity contribution in [3.63, 3.8) is 0 Å². The van der Waals surface area contributed by atoms with Crippen molar-refractivity contribution >= 4 is 16.9 Å². The number of esters is 1. The highest BCUT2D eigenvalue weighted by molar-refractivity contribution is 6.04. The van der Waals surface area contributed by atoms with Gasteiger partial charge in [-0.25, -0.2) is 9.78 Å². The number of pyridine rings is 1. The molecule has 0 aliphatic carbocycles. The van der Waals surface area contributed by atoms with E-state index in [1.807, 2.05) is 62.4 Å². The van der Waals surface area contributed by atoms with Crippen molar-refractivity contribution in [3.8, 4) is 11.5 Å². The number of aromatic nitrogens is 1. The molecule has 0 radical (unpaired) electrons. The number of fused-ring (bicyclic) bond motifs is 1. The summed E-state index contributed by atoms with van der Waals surface area (Å²) >= 11 is 0. The normalized spacial score (nSPS) is 10.9. The lowest BCUT2D eigenvalue weighted by Crippen LogP contribution is -2.08. The molecule has 27 heavy (non-hydrogen) atoms. The van der Waals surface area contributed by atoms with Crippen LogP contribution in [0.3, 0.4) is 0 Å². The lowest BCUT2D eigenvalue weighted by Gasteiger charge is -2.11. The largest absolute Gasteiger partial charge is 0.463 e. The second-order valence-electron chi connectivity index (χ2n) is 6.56. The predicted molar refractivity (Wildman–Crippen MR) is 104 cm³/mol. The molecule has 2 aromatic heterocycles. The van der Waals surface area contributed by atoms with Gasteiger partial charge in [0.15, 0.2) is 5.76 Å². The number of para-hydroxylation sites is 1. The molecule has 0 aliphatic rings. The molecule has 2 aromatic carbocycles. The van der Waals surface area contributed by atoms with Crippen molar-refractivity contribution in [2.75, 3.05) is 0 Å². The summed E-state index contributed by atoms with van der Waals surface area (Å²) in [4.78, 5) is 17.5. The van der Waals surface area contributed by atoms with Gasteiger partial charge in [0.05, 0.1) is 17.3 Å². The molecule has 0 N–H and O–H groups in total. The van der Waals surface area contributed by atoms with Crippen molar-refractivity contribution < 1.29 is 13.9 Å². The molecule has 0 spiro atoms. The Balaban J connectivity index is 1.69. The number of aryl methyl sites for hydroxylation is 2. The molecule has 0 amide bonds. The van der Waals surface area contributed by atoms with Crippen LogP contribution in [0.5, 0.6) is 0 Å². The van der Waals surface area contributed by atoms with Crippen LogP contribution in [0.1, 0.15) is 27.0 Å². The second kappa shape index (κ2) is 7.08. The van der Waals surface area contributed by atoms with E-state index >= 15 is 0 Å². The van der Waals surface area contributed by atoms with Gasteiger partial charge in [-0.3, -0.25) is 0 Å². The third kappa shape index (κ3) is 3.47. The van der Waals surface area contributed by atoms with Crippen molar-refractivity contribution in [2.45, 2.75) is 20.5 Å². The smallest absolute Gasteiger partial charge is 0.339 e. The standard InChI is InChI=1S/C23H19NO3/c1-15-9-10-16(2)17(12-15)14-27-23(25)19-13-21(22-8-5-11-26-22)24-20-7-4-3-6-18(19)20/h3-13H,14H2,1-2H3. The van der Waals surface area contributed by atoms with Crippen LogP contribution in [0.25, 0.3) is 22.4 Å². The van der Waals surface area contributed by atoms with Gasteiger partial charge in [0.25, 0.3) is 0 Å². The Labute approximate surface area is 157 Å². The number of nitrogens with zero attached hydrogens (tertiary/aromatic N) is 1. The van der Waals surface area contributed by atoms with Gasteiger partial charge in [-0.1, -0.05) is 42.0 Å². The minimum Gasteiger partial charge on any atom is -0.463 e. The SMILES string of the molecule is Cc1ccc(C)c(COC(=O)c2cc(-c3ccco3)nc3ccccc23)c1. The lowest BCUT2D eigenvalue weighted by molar-refractivity contribution is 0.0474. The van der Waals surface area contributed by atoms with Gasteiger partial charge in [-0.15, -0.1) is 0 Å². The Hall–Kier alpha value is -3.40. The molecule has 134 valence electrons. The molecule has 2 heterocycles. The Morgan fingerprint density at radius 2 is 1.89 bits per heavy atom. The maximum Gasteiger partial charge on any atom is 0.339 e. The van der Waals surface area contributed by atoms with Crippen LogP contribution < -0.4 is 0 Å². The predicted octanol–water partition coefficient (Wildman–Crippen LogP) is 5.47. The summed E-state index contributed by atoms with van der Waals surface area (Å²) < 4.78 is 11.1. The zero-order valence-corrected chi connectivity index (χ0v) is 15.2. The van der Waals surface area contributed by atoms with E-state index in [1.54, 1.807) is 18.4 Å². The summed E-state index contributed by atoms with van der Waals surface area (Å²) in [6.45, 7) is 4.27. The first kappa shape index (κ1) is 17.0. The quantitative estimate of drug-likeness (QED) is 0.455. The molecule has 0 aliphatic heterocycles. The molecule has 0 saturated heterocycles. The average Bonchev–Trinajstić information content (AvgIpc) is 3.22. The zero-order valence-electron chi connectivity index (χ0n) is 15.2. The van der Waals surface area contributed by atoms with E-state index < -0.39 is 0 Å². The topological polar surface area (TPSA) is 52.3 Å². The number of rotatable bonds is 4. The first-order valence-electron chi connectivity index (χ1n) is 8.79. The molecule has 0 unspecified atom stereocenters. The van der Waals surface area contributed by atoms with Gasteiger partial charge in [0.1, 0.15) is 12.3 Å². The van der Waals surface area contributed by atoms with Crippen LogP contribution in [-0.4, -0.2) is 11.0 Å². The highest BCUT2D eigenvalue weighted by atomic mass is 16.5. The zero-order chi connectivity index (χ0) is 18.8. The van der Waals surface area contributed by atoms with Gasteiger partial charge >= 0.3 is 5.97 Å². The molecule has 4 heteroatoms. The molecule has 4 aromatic rings. The number of carbonyl (C=O) groups is 1. The van der Waals surface area contributed by atoms with Gasteiger partial charge in [0, 0.05) is 5.39 Å². The average molecular weight is 357 g/mol. The molecule has 0 saturated carbocycles. The number of carbonyl (C=O) groups excluding carboxylic acids is 1. The molecule has 4 nitrogen and oxygen atoms in total. The summed E-state index contributed by atoms with van der Waals surface area (Å²) in [6, 6.07) is 19.0. The van der Waals surface area contributed by atoms with Crippen LogP contribution in [0, 0.1) is 13.8 Å². The summed E-state index contributed by atoms with van der Waals surface area (Å²) in [7, 11) is 0. The van der Waals surface area contributed by atoms with Crippen molar-refractivity contribution in [2.24, 2.45) is 0 Å². The minimum atomic E-state index is -0.373. The molecule has 4 rings (SSSR count). The van der Waals surface area contributed by atoms with E-state index in [9.17, 15) is 4.79 Å². The highest BCUT2D eigenvalue weighted by Crippen LogP contribution is 2.26. The first-order valence-corrected chi connectivity index (χ1v) is 8.79. The van der Waals surface area contributed by atoms with Crippen LogP contribution >= 0.6 is 0 Å². The van der Waals surface area contributed by atoms with Crippen molar-refractivity contribution in [3.05, 3.63) is 89.2 Å². The third-order valence-corrected chi connectivity index (χ3v) is 4.57. The van der Waals surface area contributed by atoms with Crippen molar-refractivity contribution in [1.29, 1.82) is 0 Å². The molecule has 0 fully saturated rings. The number of hydrogen-bond acceptors (Lipinski definition) is 4. The van der Waals surface area contributed by atoms with E-state index in [0.29, 0.717) is 17.0 Å². The van der Waals surface area contributed by atoms with E-state index in [4.69, 9.17) is 9.15 Å². The van der Waals surface area contributed by atoms with Gasteiger partial charge in [0.2, 0.25) is 0 Å². The number of ether oxygens (including phenoxy) is 1. The van der Waals surface area contributed by atoms with E-state index in [-0.39, 0.29) is 12.6 Å². The van der Waals surface area contributed by atoms with Crippen LogP contribution in [-0.2, 0) is 11.3 Å². The Kier molecular flexibility index (Phi) is 4.47. The molecule has 0 atom stereocenters. The highest BCUT2D eigenvalue weighted by Gasteiger charge is 2.16. The number of hydrogen-bond donors (Lipinski definition) is 0. The maximum absolute atomic E-state index is 12.9. The first-order chi connectivity index (χ1) is 13.1. The summed E-state index contributed by atoms with van der Waals surface area (Å²) in [5, 5.41) is 0.763. The summed E-state index contributed by atoms with van der Waals surface area (Å²) in [6.07, 6.45) is 1.59. The van der Waals surface area contributed by atoms with E-state index in [0.717, 1.165) is 27.6 Å². The van der Waals surface area contributed by atoms with Crippen LogP contribution in [0.2, 0.25) is 0 Å². The minimum absolute atomic E-state index is 0.235. The second-order valence-corrected chi connectivity index (χ2v) is 6.56. The molecule has 0 bridgehead atoms. The lowest BCUT2D eigenvalue weighted by atomic mass is 10.1. The number of benzene rings is 2. The summed E-state index contributed by atoms with van der Waals surface area (Å²) in [5.41, 5.74) is 5.07. The summed E-state index contributed by atoms with van der Waals surface area (Å²) in [5.74, 6) is 0.242. The van der Waals surface area contributed by atoms with Gasteiger partial charge in [-0.05, 0) is 49.2 Å². The fourth-order valence-corrected chi connectivity index (χ4v) is 3.07. The van der Waals surface area contributed by atoms with Crippen LogP contribution in [0.15, 0.2) is 71.3 Å². The fourth-order valence-electron chi connectivity index (χ4n) is 3.07. The van der Waals surface area contributed by atoms with E-state index in [2.05, 4.69) is 4.98 Å². The van der Waals surface area contributed by atoms with Crippen molar-refractivity contribution in [1.82, 2.24) is 4.98 Å².